The predicted octanol–water partition coefficient (Wildman–Crippen LogP) is 5.39. The van der Waals surface area contributed by atoms with Gasteiger partial charge in [0.15, 0.2) is 4.34 Å². The third-order valence-electron chi connectivity index (χ3n) is 6.16. The van der Waals surface area contributed by atoms with Crippen LogP contribution in [-0.4, -0.2) is 31.9 Å². The average molecular weight is 544 g/mol. The van der Waals surface area contributed by atoms with Gasteiger partial charge < -0.3 is 10.6 Å². The van der Waals surface area contributed by atoms with Crippen LogP contribution in [0.1, 0.15) is 21.6 Å². The largest absolute Gasteiger partial charge is 0.322 e. The van der Waals surface area contributed by atoms with Crippen LogP contribution in [0.5, 0.6) is 0 Å². The molecule has 38 heavy (non-hydrogen) atoms. The van der Waals surface area contributed by atoms with Gasteiger partial charge in [-0.15, -0.1) is 11.3 Å². The zero-order valence-corrected chi connectivity index (χ0v) is 22.7. The summed E-state index contributed by atoms with van der Waals surface area (Å²) in [5.74, 6) is -0.345. The van der Waals surface area contributed by atoms with Gasteiger partial charge in [0.25, 0.3) is 11.5 Å². The molecule has 10 heteroatoms. The van der Waals surface area contributed by atoms with Crippen molar-refractivity contribution in [2.45, 2.75) is 18.2 Å². The Bertz CT molecular complexity index is 1720. The van der Waals surface area contributed by atoms with Crippen molar-refractivity contribution in [3.8, 4) is 5.69 Å². The first-order valence-corrected chi connectivity index (χ1v) is 13.7. The molecule has 0 bridgehead atoms. The molecular weight excluding hydrogens is 518 g/mol. The number of para-hydroxylation sites is 1. The maximum Gasteiger partial charge on any atom is 0.295 e. The molecule has 0 fully saturated rings. The Labute approximate surface area is 227 Å². The van der Waals surface area contributed by atoms with Crippen LogP contribution in [0.4, 0.5) is 11.4 Å². The van der Waals surface area contributed by atoms with E-state index in [0.29, 0.717) is 16.9 Å². The summed E-state index contributed by atoms with van der Waals surface area (Å²) in [6.45, 7) is 3.70. The fourth-order valence-corrected chi connectivity index (χ4v) is 5.99. The van der Waals surface area contributed by atoms with Crippen molar-refractivity contribution in [2.24, 2.45) is 7.05 Å². The molecule has 0 saturated carbocycles. The highest BCUT2D eigenvalue weighted by Gasteiger charge is 2.18. The quantitative estimate of drug-likeness (QED) is 0.269. The van der Waals surface area contributed by atoms with Crippen molar-refractivity contribution in [3.05, 3.63) is 100.0 Å². The van der Waals surface area contributed by atoms with E-state index in [4.69, 9.17) is 0 Å². The number of anilines is 2. The number of thiazole rings is 1. The second-order valence-corrected chi connectivity index (χ2v) is 11.0. The molecule has 192 valence electrons. The number of fused-ring (bicyclic) bond motifs is 1. The zero-order valence-electron chi connectivity index (χ0n) is 21.0. The molecule has 2 aromatic heterocycles. The second kappa shape index (κ2) is 10.7. The van der Waals surface area contributed by atoms with Gasteiger partial charge in [0, 0.05) is 18.3 Å². The number of hydrogen-bond acceptors (Lipinski definition) is 6. The number of thioether (sulfide) groups is 1. The lowest BCUT2D eigenvalue weighted by Gasteiger charge is -2.07. The Kier molecular flexibility index (Phi) is 7.17. The average Bonchev–Trinajstić information content (AvgIpc) is 3.41. The minimum atomic E-state index is -0.286. The second-order valence-electron chi connectivity index (χ2n) is 8.70. The molecule has 0 radical (unpaired) electrons. The van der Waals surface area contributed by atoms with Gasteiger partial charge in [-0.1, -0.05) is 48.2 Å². The molecule has 2 heterocycles. The van der Waals surface area contributed by atoms with Gasteiger partial charge in [0.2, 0.25) is 5.91 Å². The predicted molar refractivity (Wildman–Crippen MR) is 154 cm³/mol. The van der Waals surface area contributed by atoms with E-state index in [9.17, 15) is 14.4 Å². The van der Waals surface area contributed by atoms with E-state index >= 15 is 0 Å². The Balaban J connectivity index is 1.25. The monoisotopic (exact) mass is 543 g/mol. The number of aryl methyl sites for hydroxylation is 1. The van der Waals surface area contributed by atoms with Gasteiger partial charge in [-0.05, 0) is 55.8 Å². The lowest BCUT2D eigenvalue weighted by atomic mass is 10.1. The van der Waals surface area contributed by atoms with E-state index in [2.05, 4.69) is 15.6 Å². The van der Waals surface area contributed by atoms with Crippen LogP contribution >= 0.6 is 23.1 Å². The molecule has 5 aromatic rings. The highest BCUT2D eigenvalue weighted by atomic mass is 32.2. The molecule has 5 rings (SSSR count). The Morgan fingerprint density at radius 1 is 0.974 bits per heavy atom. The zero-order chi connectivity index (χ0) is 26.8. The van der Waals surface area contributed by atoms with Gasteiger partial charge >= 0.3 is 0 Å². The first-order chi connectivity index (χ1) is 18.3. The fraction of sp³-hybridized carbons (Fsp3) is 0.143. The summed E-state index contributed by atoms with van der Waals surface area (Å²) in [5, 5.41) is 5.72. The van der Waals surface area contributed by atoms with E-state index in [1.165, 1.54) is 27.8 Å². The molecule has 3 aromatic carbocycles. The number of aromatic nitrogens is 3. The highest BCUT2D eigenvalue weighted by molar-refractivity contribution is 8.01. The summed E-state index contributed by atoms with van der Waals surface area (Å²) < 4.78 is 4.88. The number of benzene rings is 3. The number of nitrogens with zero attached hydrogens (tertiary/aromatic N) is 3. The minimum Gasteiger partial charge on any atom is -0.322 e. The van der Waals surface area contributed by atoms with Crippen LogP contribution in [0.2, 0.25) is 0 Å². The summed E-state index contributed by atoms with van der Waals surface area (Å²) in [5.41, 5.74) is 4.37. The topological polar surface area (TPSA) is 98.0 Å². The number of nitrogens with one attached hydrogen (secondary N) is 2. The van der Waals surface area contributed by atoms with Gasteiger partial charge in [-0.3, -0.25) is 19.1 Å². The number of hydrogen-bond donors (Lipinski definition) is 2. The smallest absolute Gasteiger partial charge is 0.295 e. The third kappa shape index (κ3) is 5.13. The van der Waals surface area contributed by atoms with E-state index in [-0.39, 0.29) is 28.8 Å². The summed E-state index contributed by atoms with van der Waals surface area (Å²) in [7, 11) is 1.78. The number of carbonyl (C=O) groups excluding carboxylic acids is 2. The van der Waals surface area contributed by atoms with Crippen LogP contribution in [-0.2, 0) is 11.8 Å². The Morgan fingerprint density at radius 3 is 2.47 bits per heavy atom. The molecule has 0 aliphatic carbocycles. The first-order valence-electron chi connectivity index (χ1n) is 11.9. The number of carbonyl (C=O) groups is 2. The lowest BCUT2D eigenvalue weighted by Crippen LogP contribution is -2.23. The van der Waals surface area contributed by atoms with E-state index < -0.39 is 0 Å². The van der Waals surface area contributed by atoms with Crippen molar-refractivity contribution >= 4 is 56.5 Å². The van der Waals surface area contributed by atoms with Gasteiger partial charge in [0.05, 0.1) is 27.4 Å². The molecule has 0 saturated heterocycles. The molecule has 2 amide bonds. The molecule has 0 unspecified atom stereocenters. The van der Waals surface area contributed by atoms with E-state index in [1.807, 2.05) is 73.7 Å². The molecular formula is C28H25N5O3S2. The molecule has 8 nitrogen and oxygen atoms in total. The standard InChI is InChI=1S/C28H25N5O3S2/c1-17-9-7-8-12-21(17)26(35)29-19-13-14-22-23(15-19)38-28(30-22)37-16-24(34)31-25-18(2)32(3)33(27(25)36)20-10-5-4-6-11-20/h4-15H,16H2,1-3H3,(H,29,35)(H,31,34). The van der Waals surface area contributed by atoms with Crippen LogP contribution in [0.25, 0.3) is 15.9 Å². The van der Waals surface area contributed by atoms with E-state index in [1.54, 1.807) is 24.7 Å². The summed E-state index contributed by atoms with van der Waals surface area (Å²) >= 11 is 2.75. The minimum absolute atomic E-state index is 0.107. The van der Waals surface area contributed by atoms with E-state index in [0.717, 1.165) is 25.8 Å². The van der Waals surface area contributed by atoms with Crippen molar-refractivity contribution in [1.29, 1.82) is 0 Å². The Morgan fingerprint density at radius 2 is 1.71 bits per heavy atom. The fourth-order valence-electron chi connectivity index (χ4n) is 4.08. The van der Waals surface area contributed by atoms with Gasteiger partial charge in [-0.2, -0.15) is 0 Å². The number of rotatable bonds is 7. The highest BCUT2D eigenvalue weighted by Crippen LogP contribution is 2.31. The van der Waals surface area contributed by atoms with Crippen LogP contribution in [0, 0.1) is 13.8 Å². The Hall–Kier alpha value is -4.15. The summed E-state index contributed by atoms with van der Waals surface area (Å²) in [6, 6.07) is 22.3. The third-order valence-corrected chi connectivity index (χ3v) is 8.32. The van der Waals surface area contributed by atoms with Crippen LogP contribution < -0.4 is 16.2 Å². The normalized spacial score (nSPS) is 11.0. The molecule has 0 aliphatic rings. The molecule has 0 aliphatic heterocycles. The van der Waals surface area contributed by atoms with Crippen molar-refractivity contribution < 1.29 is 9.59 Å². The first kappa shape index (κ1) is 25.5. The lowest BCUT2D eigenvalue weighted by molar-refractivity contribution is -0.113. The number of amides is 2. The summed E-state index contributed by atoms with van der Waals surface area (Å²) in [6.07, 6.45) is 0. The molecule has 0 spiro atoms. The van der Waals surface area contributed by atoms with Crippen LogP contribution in [0.15, 0.2) is 81.9 Å². The summed E-state index contributed by atoms with van der Waals surface area (Å²) in [4.78, 5) is 43.0. The maximum absolute atomic E-state index is 13.0. The SMILES string of the molecule is Cc1ccccc1C(=O)Nc1ccc2nc(SCC(=O)Nc3c(C)n(C)n(-c4ccccc4)c3=O)sc2c1. The maximum atomic E-state index is 13.0. The van der Waals surface area contributed by atoms with Crippen molar-refractivity contribution in [1.82, 2.24) is 14.3 Å². The van der Waals surface area contributed by atoms with Crippen molar-refractivity contribution in [2.75, 3.05) is 16.4 Å². The van der Waals surface area contributed by atoms with Crippen LogP contribution in [0.3, 0.4) is 0 Å². The van der Waals surface area contributed by atoms with Gasteiger partial charge in [0.1, 0.15) is 5.69 Å². The van der Waals surface area contributed by atoms with Crippen molar-refractivity contribution in [3.63, 3.8) is 0 Å². The molecule has 2 N–H and O–H groups in total. The van der Waals surface area contributed by atoms with Gasteiger partial charge in [-0.25, -0.2) is 9.67 Å². The molecule has 0 atom stereocenters.